The first kappa shape index (κ1) is 17.4. The number of pyridine rings is 1. The Morgan fingerprint density at radius 3 is 2.84 bits per heavy atom. The molecule has 1 aliphatic rings. The van der Waals surface area contributed by atoms with Gasteiger partial charge in [-0.15, -0.1) is 0 Å². The number of hydrogen-bond donors (Lipinski definition) is 2. The van der Waals surface area contributed by atoms with Crippen LogP contribution in [0.25, 0.3) is 0 Å². The van der Waals surface area contributed by atoms with E-state index in [0.29, 0.717) is 17.7 Å². The van der Waals surface area contributed by atoms with Crippen molar-refractivity contribution in [3.05, 3.63) is 50.2 Å². The number of nitrogens with zero attached hydrogens (tertiary/aromatic N) is 2. The molecule has 2 aromatic rings. The molecule has 25 heavy (non-hydrogen) atoms. The summed E-state index contributed by atoms with van der Waals surface area (Å²) in [6, 6.07) is 1.90. The van der Waals surface area contributed by atoms with E-state index >= 15 is 0 Å². The minimum absolute atomic E-state index is 0.0421. The highest BCUT2D eigenvalue weighted by molar-refractivity contribution is 5.94. The fraction of sp³-hybridized carbons (Fsp3) is 0.500. The molecule has 0 aromatic carbocycles. The molecule has 2 aromatic heterocycles. The summed E-state index contributed by atoms with van der Waals surface area (Å²) in [6.07, 6.45) is 0.598. The number of aryl methyl sites for hydroxylation is 3. The lowest BCUT2D eigenvalue weighted by molar-refractivity contribution is -0.00903. The molecular formula is C18H24N4O3. The van der Waals surface area contributed by atoms with Gasteiger partial charge < -0.3 is 15.0 Å². The first-order chi connectivity index (χ1) is 11.8. The summed E-state index contributed by atoms with van der Waals surface area (Å²) in [4.78, 5) is 27.5. The Labute approximate surface area is 146 Å². The van der Waals surface area contributed by atoms with Crippen LogP contribution in [0, 0.1) is 13.8 Å². The van der Waals surface area contributed by atoms with Crippen LogP contribution in [0.2, 0.25) is 0 Å². The van der Waals surface area contributed by atoms with Crippen molar-refractivity contribution in [3.63, 3.8) is 0 Å². The highest BCUT2D eigenvalue weighted by atomic mass is 16.5. The predicted octanol–water partition coefficient (Wildman–Crippen LogP) is 1.68. The Balaban J connectivity index is 1.84. The highest BCUT2D eigenvalue weighted by Crippen LogP contribution is 2.31. The Bertz CT molecular complexity index is 881. The van der Waals surface area contributed by atoms with Gasteiger partial charge >= 0.3 is 0 Å². The van der Waals surface area contributed by atoms with Crippen molar-refractivity contribution in [1.29, 1.82) is 0 Å². The van der Waals surface area contributed by atoms with Gasteiger partial charge in [-0.3, -0.25) is 14.3 Å². The molecule has 7 nitrogen and oxygen atoms in total. The summed E-state index contributed by atoms with van der Waals surface area (Å²) >= 11 is 0. The van der Waals surface area contributed by atoms with E-state index in [0.717, 1.165) is 22.5 Å². The highest BCUT2D eigenvalue weighted by Gasteiger charge is 2.31. The summed E-state index contributed by atoms with van der Waals surface area (Å²) in [7, 11) is 1.82. The molecule has 0 fully saturated rings. The molecule has 0 spiro atoms. The molecule has 0 radical (unpaired) electrons. The second kappa shape index (κ2) is 6.48. The average Bonchev–Trinajstić information content (AvgIpc) is 2.82. The van der Waals surface area contributed by atoms with Gasteiger partial charge in [-0.25, -0.2) is 0 Å². The van der Waals surface area contributed by atoms with Crippen LogP contribution in [0.3, 0.4) is 0 Å². The van der Waals surface area contributed by atoms with E-state index in [1.54, 1.807) is 4.68 Å². The van der Waals surface area contributed by atoms with Crippen LogP contribution in [-0.2, 0) is 24.8 Å². The monoisotopic (exact) mass is 344 g/mol. The van der Waals surface area contributed by atoms with Gasteiger partial charge in [0.25, 0.3) is 11.5 Å². The lowest BCUT2D eigenvalue weighted by atomic mass is 9.99. The number of amides is 1. The van der Waals surface area contributed by atoms with E-state index < -0.39 is 0 Å². The average molecular weight is 344 g/mol. The number of carbonyl (C=O) groups excluding carboxylic acids is 1. The van der Waals surface area contributed by atoms with Crippen LogP contribution >= 0.6 is 0 Å². The Kier molecular flexibility index (Phi) is 4.51. The zero-order valence-electron chi connectivity index (χ0n) is 15.3. The Morgan fingerprint density at radius 1 is 1.44 bits per heavy atom. The fourth-order valence-corrected chi connectivity index (χ4v) is 3.58. The van der Waals surface area contributed by atoms with E-state index in [4.69, 9.17) is 4.74 Å². The summed E-state index contributed by atoms with van der Waals surface area (Å²) in [6.45, 7) is 7.83. The van der Waals surface area contributed by atoms with E-state index in [9.17, 15) is 9.59 Å². The number of rotatable bonds is 3. The summed E-state index contributed by atoms with van der Waals surface area (Å²) < 4.78 is 7.53. The third-order valence-corrected chi connectivity index (χ3v) is 4.64. The maximum absolute atomic E-state index is 12.7. The van der Waals surface area contributed by atoms with Gasteiger partial charge in [-0.1, -0.05) is 0 Å². The van der Waals surface area contributed by atoms with Crippen LogP contribution < -0.4 is 10.9 Å². The second-order valence-corrected chi connectivity index (χ2v) is 6.75. The number of fused-ring (bicyclic) bond motifs is 1. The number of aromatic amines is 1. The van der Waals surface area contributed by atoms with Crippen LogP contribution in [-0.4, -0.2) is 26.8 Å². The summed E-state index contributed by atoms with van der Waals surface area (Å²) in [5, 5.41) is 7.22. The van der Waals surface area contributed by atoms with Crippen molar-refractivity contribution in [2.24, 2.45) is 7.05 Å². The van der Waals surface area contributed by atoms with Crippen molar-refractivity contribution in [3.8, 4) is 0 Å². The lowest BCUT2D eigenvalue weighted by Gasteiger charge is -2.26. The largest absolute Gasteiger partial charge is 0.369 e. The zero-order valence-corrected chi connectivity index (χ0v) is 15.3. The molecule has 2 N–H and O–H groups in total. The molecule has 3 rings (SSSR count). The quantitative estimate of drug-likeness (QED) is 0.886. The molecule has 0 aliphatic carbocycles. The fourth-order valence-electron chi connectivity index (χ4n) is 3.58. The van der Waals surface area contributed by atoms with Crippen molar-refractivity contribution in [2.75, 3.05) is 0 Å². The Morgan fingerprint density at radius 2 is 2.16 bits per heavy atom. The van der Waals surface area contributed by atoms with Gasteiger partial charge in [0.15, 0.2) is 5.69 Å². The van der Waals surface area contributed by atoms with Crippen molar-refractivity contribution in [2.45, 2.75) is 52.9 Å². The number of aromatic nitrogens is 3. The normalized spacial score (nSPS) is 19.6. The van der Waals surface area contributed by atoms with Crippen LogP contribution in [0.4, 0.5) is 0 Å². The molecule has 0 unspecified atom stereocenters. The third-order valence-electron chi connectivity index (χ3n) is 4.64. The Hall–Kier alpha value is -2.41. The molecule has 0 saturated carbocycles. The minimum atomic E-state index is -0.266. The predicted molar refractivity (Wildman–Crippen MR) is 93.6 cm³/mol. The SMILES string of the molecule is Cc1cc(C)c(CNC(=O)c2nn(C)c3c2C[C@@H](C)O[C@H]3C)c(=O)[nH]1. The van der Waals surface area contributed by atoms with Gasteiger partial charge in [0, 0.05) is 36.8 Å². The lowest BCUT2D eigenvalue weighted by Crippen LogP contribution is -2.30. The number of carbonyl (C=O) groups is 1. The van der Waals surface area contributed by atoms with Gasteiger partial charge in [-0.05, 0) is 39.3 Å². The number of H-pyrrole nitrogens is 1. The number of nitrogens with one attached hydrogen (secondary N) is 2. The number of ether oxygens (including phenoxy) is 1. The first-order valence-electron chi connectivity index (χ1n) is 8.46. The van der Waals surface area contributed by atoms with Crippen LogP contribution in [0.15, 0.2) is 10.9 Å². The molecule has 2 atom stereocenters. The van der Waals surface area contributed by atoms with Gasteiger partial charge in [-0.2, -0.15) is 5.10 Å². The zero-order chi connectivity index (χ0) is 18.3. The van der Waals surface area contributed by atoms with Gasteiger partial charge in [0.2, 0.25) is 0 Å². The van der Waals surface area contributed by atoms with Crippen molar-refractivity contribution >= 4 is 5.91 Å². The molecular weight excluding hydrogens is 320 g/mol. The van der Waals surface area contributed by atoms with Gasteiger partial charge in [0.05, 0.1) is 17.9 Å². The van der Waals surface area contributed by atoms with E-state index in [-0.39, 0.29) is 30.2 Å². The maximum atomic E-state index is 12.7. The van der Waals surface area contributed by atoms with Gasteiger partial charge in [0.1, 0.15) is 0 Å². The van der Waals surface area contributed by atoms with E-state index in [1.165, 1.54) is 0 Å². The van der Waals surface area contributed by atoms with E-state index in [1.807, 2.05) is 40.8 Å². The molecule has 0 bridgehead atoms. The first-order valence-corrected chi connectivity index (χ1v) is 8.46. The standard InChI is InChI=1S/C18H24N4O3/c1-9-6-10(2)20-17(23)14(9)8-19-18(24)15-13-7-11(3)25-12(4)16(13)22(5)21-15/h6,11-12H,7-8H2,1-5H3,(H,19,24)(H,20,23)/t11-,12+/m1/s1. The summed E-state index contributed by atoms with van der Waals surface area (Å²) in [5.74, 6) is -0.266. The molecule has 1 aliphatic heterocycles. The molecule has 0 saturated heterocycles. The maximum Gasteiger partial charge on any atom is 0.272 e. The minimum Gasteiger partial charge on any atom is -0.369 e. The number of hydrogen-bond acceptors (Lipinski definition) is 4. The smallest absolute Gasteiger partial charge is 0.272 e. The van der Waals surface area contributed by atoms with Crippen LogP contribution in [0.5, 0.6) is 0 Å². The van der Waals surface area contributed by atoms with Crippen molar-refractivity contribution < 1.29 is 9.53 Å². The van der Waals surface area contributed by atoms with E-state index in [2.05, 4.69) is 15.4 Å². The molecule has 7 heteroatoms. The molecule has 134 valence electrons. The molecule has 1 amide bonds. The summed E-state index contributed by atoms with van der Waals surface area (Å²) in [5.41, 5.74) is 4.35. The topological polar surface area (TPSA) is 89.0 Å². The van der Waals surface area contributed by atoms with Crippen molar-refractivity contribution in [1.82, 2.24) is 20.1 Å². The molecule has 3 heterocycles. The third kappa shape index (κ3) is 3.24. The second-order valence-electron chi connectivity index (χ2n) is 6.75. The van der Waals surface area contributed by atoms with Crippen LogP contribution in [0.1, 0.15) is 58.5 Å².